The molecule has 7 heteroatoms. The van der Waals surface area contributed by atoms with Gasteiger partial charge in [0.2, 0.25) is 5.91 Å². The van der Waals surface area contributed by atoms with Crippen LogP contribution < -0.4 is 0 Å². The van der Waals surface area contributed by atoms with Gasteiger partial charge in [0, 0.05) is 19.0 Å². The van der Waals surface area contributed by atoms with E-state index in [1.807, 2.05) is 29.2 Å². The van der Waals surface area contributed by atoms with Crippen molar-refractivity contribution in [3.63, 3.8) is 0 Å². The summed E-state index contributed by atoms with van der Waals surface area (Å²) in [7, 11) is 0. The smallest absolute Gasteiger partial charge is 0.306 e. The summed E-state index contributed by atoms with van der Waals surface area (Å²) in [6, 6.07) is 7.80. The van der Waals surface area contributed by atoms with Crippen molar-refractivity contribution < 1.29 is 14.7 Å². The van der Waals surface area contributed by atoms with Crippen molar-refractivity contribution >= 4 is 22.9 Å². The van der Waals surface area contributed by atoms with Gasteiger partial charge in [-0.05, 0) is 37.3 Å². The summed E-state index contributed by atoms with van der Waals surface area (Å²) >= 11 is 0. The standard InChI is InChI=1S/C19H24N4O3/c24-18(10-12-23-17-8-4-2-6-15(17)20-21-23)22-11-9-14(19(25)26)13-5-1-3-7-16(13)22/h2,4,6,8,13-14,16H,1,3,5,7,9-12H2,(H,25,26). The van der Waals surface area contributed by atoms with Crippen LogP contribution in [0.5, 0.6) is 0 Å². The molecule has 1 aromatic heterocycles. The molecule has 1 aromatic carbocycles. The molecule has 1 aliphatic carbocycles. The average molecular weight is 356 g/mol. The van der Waals surface area contributed by atoms with Gasteiger partial charge in [-0.3, -0.25) is 9.59 Å². The highest BCUT2D eigenvalue weighted by molar-refractivity contribution is 5.78. The van der Waals surface area contributed by atoms with E-state index in [1.165, 1.54) is 0 Å². The normalized spacial score (nSPS) is 25.8. The zero-order valence-corrected chi connectivity index (χ0v) is 14.8. The van der Waals surface area contributed by atoms with Gasteiger partial charge in [-0.25, -0.2) is 4.68 Å². The Bertz CT molecular complexity index is 818. The van der Waals surface area contributed by atoms with E-state index in [0.29, 0.717) is 25.9 Å². The molecule has 0 radical (unpaired) electrons. The van der Waals surface area contributed by atoms with E-state index in [2.05, 4.69) is 10.3 Å². The molecule has 1 amide bonds. The van der Waals surface area contributed by atoms with Gasteiger partial charge in [0.1, 0.15) is 5.52 Å². The number of nitrogens with zero attached hydrogens (tertiary/aromatic N) is 4. The third kappa shape index (κ3) is 3.06. The fourth-order valence-electron chi connectivity index (χ4n) is 4.70. The van der Waals surface area contributed by atoms with Crippen molar-refractivity contribution in [3.8, 4) is 0 Å². The molecule has 3 unspecified atom stereocenters. The van der Waals surface area contributed by atoms with Gasteiger partial charge < -0.3 is 10.0 Å². The van der Waals surface area contributed by atoms with Gasteiger partial charge in [0.05, 0.1) is 18.0 Å². The van der Waals surface area contributed by atoms with Gasteiger partial charge in [-0.2, -0.15) is 0 Å². The first kappa shape index (κ1) is 17.0. The van der Waals surface area contributed by atoms with Crippen LogP contribution in [0.3, 0.4) is 0 Å². The van der Waals surface area contributed by atoms with Crippen LogP contribution in [0, 0.1) is 11.8 Å². The van der Waals surface area contributed by atoms with Gasteiger partial charge in [0.25, 0.3) is 0 Å². The number of likely N-dealkylation sites (tertiary alicyclic amines) is 1. The Labute approximate surface area is 152 Å². The first-order valence-corrected chi connectivity index (χ1v) is 9.45. The first-order valence-electron chi connectivity index (χ1n) is 9.45. The number of carboxylic acid groups (broad SMARTS) is 1. The van der Waals surface area contributed by atoms with Gasteiger partial charge in [-0.15, -0.1) is 5.10 Å². The minimum absolute atomic E-state index is 0.0820. The highest BCUT2D eigenvalue weighted by Gasteiger charge is 2.43. The molecule has 0 spiro atoms. The van der Waals surface area contributed by atoms with Crippen molar-refractivity contribution in [1.29, 1.82) is 0 Å². The molecule has 1 aliphatic heterocycles. The maximum absolute atomic E-state index is 12.9. The molecule has 4 rings (SSSR count). The number of amides is 1. The van der Waals surface area contributed by atoms with Gasteiger partial charge in [-0.1, -0.05) is 30.2 Å². The lowest BCUT2D eigenvalue weighted by molar-refractivity contribution is -0.153. The largest absolute Gasteiger partial charge is 0.481 e. The summed E-state index contributed by atoms with van der Waals surface area (Å²) in [5, 5.41) is 17.8. The fourth-order valence-corrected chi connectivity index (χ4v) is 4.70. The number of piperidine rings is 1. The number of rotatable bonds is 4. The highest BCUT2D eigenvalue weighted by atomic mass is 16.4. The van der Waals surface area contributed by atoms with Crippen LogP contribution in [0.4, 0.5) is 0 Å². The molecule has 2 aromatic rings. The van der Waals surface area contributed by atoms with E-state index in [0.717, 1.165) is 36.7 Å². The Morgan fingerprint density at radius 3 is 2.81 bits per heavy atom. The highest BCUT2D eigenvalue weighted by Crippen LogP contribution is 2.39. The van der Waals surface area contributed by atoms with Crippen molar-refractivity contribution in [2.24, 2.45) is 11.8 Å². The van der Waals surface area contributed by atoms with Crippen molar-refractivity contribution in [2.45, 2.75) is 51.1 Å². The van der Waals surface area contributed by atoms with E-state index in [1.54, 1.807) is 4.68 Å². The van der Waals surface area contributed by atoms with Crippen LogP contribution in [0.25, 0.3) is 11.0 Å². The Hall–Kier alpha value is -2.44. The number of benzene rings is 1. The molecule has 138 valence electrons. The third-order valence-corrected chi connectivity index (χ3v) is 5.97. The number of carboxylic acids is 1. The summed E-state index contributed by atoms with van der Waals surface area (Å²) in [4.78, 5) is 26.4. The second-order valence-corrected chi connectivity index (χ2v) is 7.39. The van der Waals surface area contributed by atoms with E-state index in [-0.39, 0.29) is 23.8 Å². The molecule has 2 aliphatic rings. The number of para-hydroxylation sites is 1. The number of hydrogen-bond donors (Lipinski definition) is 1. The number of hydrogen-bond acceptors (Lipinski definition) is 4. The Morgan fingerprint density at radius 1 is 1.15 bits per heavy atom. The van der Waals surface area contributed by atoms with Gasteiger partial charge >= 0.3 is 5.97 Å². The molecule has 2 fully saturated rings. The Morgan fingerprint density at radius 2 is 1.96 bits per heavy atom. The lowest BCUT2D eigenvalue weighted by atomic mass is 9.72. The number of carbonyl (C=O) groups excluding carboxylic acids is 1. The number of fused-ring (bicyclic) bond motifs is 2. The third-order valence-electron chi connectivity index (χ3n) is 5.97. The fraction of sp³-hybridized carbons (Fsp3) is 0.579. The van der Waals surface area contributed by atoms with Crippen LogP contribution in [0.1, 0.15) is 38.5 Å². The molecule has 26 heavy (non-hydrogen) atoms. The maximum atomic E-state index is 12.9. The molecule has 1 saturated heterocycles. The predicted octanol–water partition coefficient (Wildman–Crippen LogP) is 2.31. The summed E-state index contributed by atoms with van der Waals surface area (Å²) in [5.41, 5.74) is 1.76. The van der Waals surface area contributed by atoms with Crippen molar-refractivity contribution in [3.05, 3.63) is 24.3 Å². The number of carbonyl (C=O) groups is 2. The van der Waals surface area contributed by atoms with Crippen LogP contribution in [0.2, 0.25) is 0 Å². The second kappa shape index (κ2) is 7.05. The molecular weight excluding hydrogens is 332 g/mol. The molecular formula is C19H24N4O3. The zero-order valence-electron chi connectivity index (χ0n) is 14.8. The van der Waals surface area contributed by atoms with E-state index in [4.69, 9.17) is 0 Å². The van der Waals surface area contributed by atoms with Crippen molar-refractivity contribution in [1.82, 2.24) is 19.9 Å². The zero-order chi connectivity index (χ0) is 18.1. The minimum atomic E-state index is -0.705. The van der Waals surface area contributed by atoms with Crippen LogP contribution in [0.15, 0.2) is 24.3 Å². The number of aromatic nitrogens is 3. The molecule has 0 bridgehead atoms. The first-order chi connectivity index (χ1) is 12.6. The van der Waals surface area contributed by atoms with Crippen LogP contribution in [-0.4, -0.2) is 49.5 Å². The molecule has 2 heterocycles. The molecule has 1 N–H and O–H groups in total. The second-order valence-electron chi connectivity index (χ2n) is 7.39. The number of aliphatic carboxylic acids is 1. The van der Waals surface area contributed by atoms with Crippen LogP contribution >= 0.6 is 0 Å². The lowest BCUT2D eigenvalue weighted by Gasteiger charge is -2.46. The Balaban J connectivity index is 1.45. The SMILES string of the molecule is O=C(O)C1CCN(C(=O)CCn2nnc3ccccc32)C2CCCCC12. The monoisotopic (exact) mass is 356 g/mol. The lowest BCUT2D eigenvalue weighted by Crippen LogP contribution is -2.54. The van der Waals surface area contributed by atoms with Crippen molar-refractivity contribution in [2.75, 3.05) is 6.54 Å². The molecule has 1 saturated carbocycles. The summed E-state index contributed by atoms with van der Waals surface area (Å²) in [6.45, 7) is 1.05. The van der Waals surface area contributed by atoms with Gasteiger partial charge in [0.15, 0.2) is 0 Å². The molecule has 3 atom stereocenters. The summed E-state index contributed by atoms with van der Waals surface area (Å²) < 4.78 is 1.77. The van der Waals surface area contributed by atoms with E-state index in [9.17, 15) is 14.7 Å². The quantitative estimate of drug-likeness (QED) is 0.908. The van der Waals surface area contributed by atoms with E-state index >= 15 is 0 Å². The summed E-state index contributed by atoms with van der Waals surface area (Å²) in [5.74, 6) is -0.803. The van der Waals surface area contributed by atoms with E-state index < -0.39 is 5.97 Å². The average Bonchev–Trinajstić information content (AvgIpc) is 3.08. The maximum Gasteiger partial charge on any atom is 0.306 e. The summed E-state index contributed by atoms with van der Waals surface area (Å²) in [6.07, 6.45) is 4.91. The Kier molecular flexibility index (Phi) is 4.61. The topological polar surface area (TPSA) is 88.3 Å². The minimum Gasteiger partial charge on any atom is -0.481 e. The van der Waals surface area contributed by atoms with Crippen LogP contribution in [-0.2, 0) is 16.1 Å². The predicted molar refractivity (Wildman–Crippen MR) is 95.3 cm³/mol. The molecule has 7 nitrogen and oxygen atoms in total. The number of aryl methyl sites for hydroxylation is 1.